The predicted molar refractivity (Wildman–Crippen MR) is 92.6 cm³/mol. The van der Waals surface area contributed by atoms with Gasteiger partial charge in [-0.2, -0.15) is 0 Å². The highest BCUT2D eigenvalue weighted by Crippen LogP contribution is 2.13. The summed E-state index contributed by atoms with van der Waals surface area (Å²) >= 11 is 0. The zero-order chi connectivity index (χ0) is 17.1. The number of piperazine rings is 1. The van der Waals surface area contributed by atoms with E-state index < -0.39 is 0 Å². The normalized spacial score (nSPS) is 15.3. The molecule has 24 heavy (non-hydrogen) atoms. The molecule has 0 unspecified atom stereocenters. The van der Waals surface area contributed by atoms with Gasteiger partial charge in [-0.3, -0.25) is 9.59 Å². The number of pyridine rings is 2. The van der Waals surface area contributed by atoms with Gasteiger partial charge in [0.15, 0.2) is 0 Å². The number of nitrogens with one attached hydrogen (secondary N) is 1. The number of carbonyl (C=O) groups is 1. The van der Waals surface area contributed by atoms with Gasteiger partial charge in [-0.15, -0.1) is 0 Å². The van der Waals surface area contributed by atoms with Crippen molar-refractivity contribution in [3.63, 3.8) is 0 Å². The molecule has 0 saturated carbocycles. The number of amides is 1. The van der Waals surface area contributed by atoms with Crippen LogP contribution >= 0.6 is 0 Å². The van der Waals surface area contributed by atoms with E-state index in [1.165, 1.54) is 4.57 Å². The summed E-state index contributed by atoms with van der Waals surface area (Å²) in [6.07, 6.45) is 3.25. The molecule has 0 radical (unpaired) electrons. The highest BCUT2D eigenvalue weighted by Gasteiger charge is 2.20. The summed E-state index contributed by atoms with van der Waals surface area (Å²) in [5.41, 5.74) is 0.883. The minimum atomic E-state index is -0.128. The Bertz CT molecular complexity index is 776. The number of anilines is 2. The summed E-state index contributed by atoms with van der Waals surface area (Å²) in [5, 5.41) is 2.99. The first-order valence-electron chi connectivity index (χ1n) is 7.91. The van der Waals surface area contributed by atoms with E-state index in [9.17, 15) is 9.59 Å². The summed E-state index contributed by atoms with van der Waals surface area (Å²) in [6.45, 7) is 3.23. The van der Waals surface area contributed by atoms with Crippen LogP contribution in [-0.2, 0) is 7.05 Å². The molecule has 2 aromatic rings. The molecule has 1 fully saturated rings. The van der Waals surface area contributed by atoms with E-state index >= 15 is 0 Å². The van der Waals surface area contributed by atoms with E-state index in [2.05, 4.69) is 22.2 Å². The van der Waals surface area contributed by atoms with Crippen LogP contribution in [-0.4, -0.2) is 58.5 Å². The average molecular weight is 327 g/mol. The van der Waals surface area contributed by atoms with Crippen LogP contribution < -0.4 is 10.9 Å². The molecule has 1 N–H and O–H groups in total. The molecular weight excluding hydrogens is 306 g/mol. The Morgan fingerprint density at radius 1 is 1.12 bits per heavy atom. The minimum absolute atomic E-state index is 0.00206. The molecule has 1 amide bonds. The van der Waals surface area contributed by atoms with Crippen LogP contribution in [0.2, 0.25) is 0 Å². The molecule has 1 saturated heterocycles. The standard InChI is InChI=1S/C17H21N5O2/c1-20-8-10-22(11-9-20)16(23)13-5-6-15(18-12-13)19-14-4-3-7-21(2)17(14)24/h3-7,12H,8-11H2,1-2H3,(H,18,19). The van der Waals surface area contributed by atoms with Gasteiger partial charge in [0.05, 0.1) is 5.56 Å². The Morgan fingerprint density at radius 2 is 1.88 bits per heavy atom. The fraction of sp³-hybridized carbons (Fsp3) is 0.353. The number of likely N-dealkylation sites (N-methyl/N-ethyl adjacent to an activating group) is 1. The van der Waals surface area contributed by atoms with Gasteiger partial charge in [0.2, 0.25) is 0 Å². The maximum atomic E-state index is 12.5. The second-order valence-electron chi connectivity index (χ2n) is 5.99. The van der Waals surface area contributed by atoms with E-state index in [-0.39, 0.29) is 11.5 Å². The van der Waals surface area contributed by atoms with Crippen LogP contribution in [0.4, 0.5) is 11.5 Å². The Morgan fingerprint density at radius 3 is 2.54 bits per heavy atom. The zero-order valence-corrected chi connectivity index (χ0v) is 13.9. The molecular formula is C17H21N5O2. The van der Waals surface area contributed by atoms with Crippen molar-refractivity contribution in [1.82, 2.24) is 19.4 Å². The molecule has 3 heterocycles. The Labute approximate surface area is 140 Å². The Hall–Kier alpha value is -2.67. The van der Waals surface area contributed by atoms with Gasteiger partial charge in [-0.05, 0) is 31.3 Å². The van der Waals surface area contributed by atoms with Gasteiger partial charge in [0, 0.05) is 45.6 Å². The molecule has 7 nitrogen and oxygen atoms in total. The van der Waals surface area contributed by atoms with Gasteiger partial charge < -0.3 is 19.7 Å². The third-order valence-corrected chi connectivity index (χ3v) is 4.19. The van der Waals surface area contributed by atoms with E-state index in [4.69, 9.17) is 0 Å². The highest BCUT2D eigenvalue weighted by molar-refractivity contribution is 5.94. The number of rotatable bonds is 3. The molecule has 0 aliphatic carbocycles. The Balaban J connectivity index is 1.70. The average Bonchev–Trinajstić information content (AvgIpc) is 2.60. The SMILES string of the molecule is CN1CCN(C(=O)c2ccc(Nc3cccn(C)c3=O)nc2)CC1. The number of aryl methyl sites for hydroxylation is 1. The van der Waals surface area contributed by atoms with Crippen LogP contribution in [0.1, 0.15) is 10.4 Å². The fourth-order valence-electron chi connectivity index (χ4n) is 2.62. The summed E-state index contributed by atoms with van der Waals surface area (Å²) in [5.74, 6) is 0.533. The van der Waals surface area contributed by atoms with E-state index in [0.717, 1.165) is 26.2 Å². The fourth-order valence-corrected chi connectivity index (χ4v) is 2.62. The molecule has 2 aromatic heterocycles. The molecule has 126 valence electrons. The summed E-state index contributed by atoms with van der Waals surface area (Å²) < 4.78 is 1.49. The van der Waals surface area contributed by atoms with E-state index in [1.54, 1.807) is 43.7 Å². The van der Waals surface area contributed by atoms with Crippen LogP contribution in [0.25, 0.3) is 0 Å². The number of hydrogen-bond donors (Lipinski definition) is 1. The summed E-state index contributed by atoms with van der Waals surface area (Å²) in [4.78, 5) is 32.8. The molecule has 7 heteroatoms. The van der Waals surface area contributed by atoms with Crippen molar-refractivity contribution in [1.29, 1.82) is 0 Å². The van der Waals surface area contributed by atoms with Gasteiger partial charge in [0.1, 0.15) is 11.5 Å². The summed E-state index contributed by atoms with van der Waals surface area (Å²) in [6, 6.07) is 6.95. The molecule has 0 aromatic carbocycles. The van der Waals surface area contributed by atoms with Crippen LogP contribution in [0.5, 0.6) is 0 Å². The van der Waals surface area contributed by atoms with Crippen molar-refractivity contribution >= 4 is 17.4 Å². The lowest BCUT2D eigenvalue weighted by molar-refractivity contribution is 0.0663. The molecule has 3 rings (SSSR count). The lowest BCUT2D eigenvalue weighted by Crippen LogP contribution is -2.47. The van der Waals surface area contributed by atoms with Crippen molar-refractivity contribution in [2.24, 2.45) is 7.05 Å². The monoisotopic (exact) mass is 327 g/mol. The largest absolute Gasteiger partial charge is 0.336 e. The lowest BCUT2D eigenvalue weighted by Gasteiger charge is -2.32. The third kappa shape index (κ3) is 3.46. The molecule has 0 spiro atoms. The molecule has 1 aliphatic heterocycles. The maximum Gasteiger partial charge on any atom is 0.274 e. The zero-order valence-electron chi connectivity index (χ0n) is 13.9. The predicted octanol–water partition coefficient (Wildman–Crippen LogP) is 0.911. The molecule has 0 atom stereocenters. The highest BCUT2D eigenvalue weighted by atomic mass is 16.2. The van der Waals surface area contributed by atoms with Crippen molar-refractivity contribution < 1.29 is 4.79 Å². The van der Waals surface area contributed by atoms with Crippen LogP contribution in [0.3, 0.4) is 0 Å². The molecule has 1 aliphatic rings. The van der Waals surface area contributed by atoms with Gasteiger partial charge >= 0.3 is 0 Å². The lowest BCUT2D eigenvalue weighted by atomic mass is 10.2. The van der Waals surface area contributed by atoms with Gasteiger partial charge in [-0.25, -0.2) is 4.98 Å². The second-order valence-corrected chi connectivity index (χ2v) is 5.99. The minimum Gasteiger partial charge on any atom is -0.336 e. The van der Waals surface area contributed by atoms with Crippen molar-refractivity contribution in [3.8, 4) is 0 Å². The van der Waals surface area contributed by atoms with Crippen LogP contribution in [0.15, 0.2) is 41.5 Å². The third-order valence-electron chi connectivity index (χ3n) is 4.19. The van der Waals surface area contributed by atoms with E-state index in [1.807, 2.05) is 4.90 Å². The topological polar surface area (TPSA) is 70.5 Å². The van der Waals surface area contributed by atoms with Gasteiger partial charge in [-0.1, -0.05) is 0 Å². The van der Waals surface area contributed by atoms with Crippen LogP contribution in [0, 0.1) is 0 Å². The first kappa shape index (κ1) is 16.2. The second kappa shape index (κ2) is 6.84. The number of nitrogens with zero attached hydrogens (tertiary/aromatic N) is 4. The maximum absolute atomic E-state index is 12.5. The Kier molecular flexibility index (Phi) is 4.61. The summed E-state index contributed by atoms with van der Waals surface area (Å²) in [7, 11) is 3.75. The number of aromatic nitrogens is 2. The number of hydrogen-bond acceptors (Lipinski definition) is 5. The first-order chi connectivity index (χ1) is 11.5. The van der Waals surface area contributed by atoms with Crippen molar-refractivity contribution in [3.05, 3.63) is 52.6 Å². The first-order valence-corrected chi connectivity index (χ1v) is 7.91. The van der Waals surface area contributed by atoms with Gasteiger partial charge in [0.25, 0.3) is 11.5 Å². The smallest absolute Gasteiger partial charge is 0.274 e. The van der Waals surface area contributed by atoms with Crippen molar-refractivity contribution in [2.45, 2.75) is 0 Å². The number of carbonyl (C=O) groups excluding carboxylic acids is 1. The van der Waals surface area contributed by atoms with E-state index in [0.29, 0.717) is 17.1 Å². The molecule has 0 bridgehead atoms. The van der Waals surface area contributed by atoms with Crippen molar-refractivity contribution in [2.75, 3.05) is 38.5 Å². The quantitative estimate of drug-likeness (QED) is 0.907.